The number of pyridine rings is 1. The fraction of sp³-hybridized carbons (Fsp3) is 0.133. The zero-order chi connectivity index (χ0) is 14.1. The molecule has 20 heavy (non-hydrogen) atoms. The molecule has 0 bridgehead atoms. The minimum atomic E-state index is -0.0839. The molecule has 0 atom stereocenters. The minimum Gasteiger partial charge on any atom is -0.355 e. The molecule has 0 aliphatic rings. The van der Waals surface area contributed by atoms with Gasteiger partial charge in [-0.1, -0.05) is 0 Å². The van der Waals surface area contributed by atoms with E-state index in [-0.39, 0.29) is 5.91 Å². The third kappa shape index (κ3) is 2.16. The standard InChI is InChI=1S/C15H13N3OS/c1-9-11(4-3-7-17-9)15-18-12-6-5-10(14(19)16-2)8-13(12)20-15/h3-8H,1-2H3,(H,16,19). The lowest BCUT2D eigenvalue weighted by Crippen LogP contribution is -2.17. The summed E-state index contributed by atoms with van der Waals surface area (Å²) in [6.07, 6.45) is 1.77. The van der Waals surface area contributed by atoms with E-state index < -0.39 is 0 Å². The lowest BCUT2D eigenvalue weighted by molar-refractivity contribution is 0.0963. The molecular weight excluding hydrogens is 270 g/mol. The maximum absolute atomic E-state index is 11.7. The Hall–Kier alpha value is -2.27. The summed E-state index contributed by atoms with van der Waals surface area (Å²) in [6, 6.07) is 9.47. The predicted octanol–water partition coefficient (Wildman–Crippen LogP) is 3.03. The van der Waals surface area contributed by atoms with Gasteiger partial charge in [-0.25, -0.2) is 4.98 Å². The minimum absolute atomic E-state index is 0.0839. The molecule has 1 aromatic carbocycles. The quantitative estimate of drug-likeness (QED) is 0.786. The Morgan fingerprint density at radius 1 is 1.30 bits per heavy atom. The van der Waals surface area contributed by atoms with Crippen molar-refractivity contribution in [1.82, 2.24) is 15.3 Å². The van der Waals surface area contributed by atoms with Gasteiger partial charge in [-0.2, -0.15) is 0 Å². The fourth-order valence-corrected chi connectivity index (χ4v) is 3.12. The third-order valence-corrected chi connectivity index (χ3v) is 4.17. The topological polar surface area (TPSA) is 54.9 Å². The zero-order valence-electron chi connectivity index (χ0n) is 11.2. The Balaban J connectivity index is 2.12. The molecule has 0 saturated carbocycles. The van der Waals surface area contributed by atoms with E-state index in [1.165, 1.54) is 0 Å². The molecule has 0 spiro atoms. The lowest BCUT2D eigenvalue weighted by Gasteiger charge is -1.98. The molecule has 5 heteroatoms. The van der Waals surface area contributed by atoms with Crippen LogP contribution < -0.4 is 5.32 Å². The van der Waals surface area contributed by atoms with Crippen LogP contribution in [0, 0.1) is 6.92 Å². The van der Waals surface area contributed by atoms with E-state index in [1.54, 1.807) is 30.6 Å². The normalized spacial score (nSPS) is 10.7. The van der Waals surface area contributed by atoms with E-state index in [1.807, 2.05) is 31.2 Å². The van der Waals surface area contributed by atoms with Crippen LogP contribution in [0.3, 0.4) is 0 Å². The van der Waals surface area contributed by atoms with E-state index in [0.29, 0.717) is 5.56 Å². The first kappa shape index (κ1) is 12.7. The number of fused-ring (bicyclic) bond motifs is 1. The summed E-state index contributed by atoms with van der Waals surface area (Å²) in [4.78, 5) is 20.6. The van der Waals surface area contributed by atoms with E-state index in [9.17, 15) is 4.79 Å². The number of hydrogen-bond donors (Lipinski definition) is 1. The highest BCUT2D eigenvalue weighted by molar-refractivity contribution is 7.21. The number of aromatic nitrogens is 2. The molecule has 2 aromatic heterocycles. The van der Waals surface area contributed by atoms with Gasteiger partial charge in [-0.15, -0.1) is 11.3 Å². The Morgan fingerprint density at radius 3 is 2.90 bits per heavy atom. The van der Waals surface area contributed by atoms with Crippen molar-refractivity contribution in [3.63, 3.8) is 0 Å². The van der Waals surface area contributed by atoms with Crippen LogP contribution in [-0.2, 0) is 0 Å². The monoisotopic (exact) mass is 283 g/mol. The molecule has 2 heterocycles. The zero-order valence-corrected chi connectivity index (χ0v) is 12.0. The van der Waals surface area contributed by atoms with Gasteiger partial charge in [0.2, 0.25) is 0 Å². The molecule has 0 saturated heterocycles. The van der Waals surface area contributed by atoms with Crippen molar-refractivity contribution in [2.24, 2.45) is 0 Å². The van der Waals surface area contributed by atoms with Gasteiger partial charge in [0, 0.05) is 30.1 Å². The second-order valence-electron chi connectivity index (χ2n) is 4.42. The van der Waals surface area contributed by atoms with Gasteiger partial charge in [0.05, 0.1) is 10.2 Å². The number of carbonyl (C=O) groups excluding carboxylic acids is 1. The van der Waals surface area contributed by atoms with Crippen molar-refractivity contribution in [1.29, 1.82) is 0 Å². The van der Waals surface area contributed by atoms with Crippen LogP contribution in [0.2, 0.25) is 0 Å². The SMILES string of the molecule is CNC(=O)c1ccc2nc(-c3cccnc3C)sc2c1. The van der Waals surface area contributed by atoms with Gasteiger partial charge in [0.1, 0.15) is 5.01 Å². The smallest absolute Gasteiger partial charge is 0.251 e. The van der Waals surface area contributed by atoms with Crippen molar-refractivity contribution in [3.05, 3.63) is 47.8 Å². The number of carbonyl (C=O) groups is 1. The van der Waals surface area contributed by atoms with Gasteiger partial charge in [-0.05, 0) is 37.3 Å². The molecule has 1 amide bonds. The summed E-state index contributed by atoms with van der Waals surface area (Å²) in [7, 11) is 1.63. The summed E-state index contributed by atoms with van der Waals surface area (Å²) >= 11 is 1.58. The number of nitrogens with zero attached hydrogens (tertiary/aromatic N) is 2. The Labute approximate surface area is 120 Å². The average Bonchev–Trinajstić information content (AvgIpc) is 2.89. The van der Waals surface area contributed by atoms with Crippen LogP contribution in [0.4, 0.5) is 0 Å². The van der Waals surface area contributed by atoms with Crippen LogP contribution in [0.5, 0.6) is 0 Å². The van der Waals surface area contributed by atoms with Gasteiger partial charge in [-0.3, -0.25) is 9.78 Å². The average molecular weight is 283 g/mol. The van der Waals surface area contributed by atoms with Crippen molar-refractivity contribution in [2.75, 3.05) is 7.05 Å². The highest BCUT2D eigenvalue weighted by Crippen LogP contribution is 2.31. The fourth-order valence-electron chi connectivity index (χ4n) is 2.04. The predicted molar refractivity (Wildman–Crippen MR) is 81.0 cm³/mol. The van der Waals surface area contributed by atoms with Crippen LogP contribution in [0.25, 0.3) is 20.8 Å². The van der Waals surface area contributed by atoms with E-state index in [0.717, 1.165) is 26.5 Å². The van der Waals surface area contributed by atoms with Crippen LogP contribution >= 0.6 is 11.3 Å². The molecular formula is C15H13N3OS. The van der Waals surface area contributed by atoms with Crippen LogP contribution in [-0.4, -0.2) is 22.9 Å². The Bertz CT molecular complexity index is 795. The number of aryl methyl sites for hydroxylation is 1. The third-order valence-electron chi connectivity index (χ3n) is 3.12. The van der Waals surface area contributed by atoms with E-state index >= 15 is 0 Å². The number of benzene rings is 1. The second kappa shape index (κ2) is 5.02. The molecule has 0 radical (unpaired) electrons. The molecule has 100 valence electrons. The number of rotatable bonds is 2. The summed E-state index contributed by atoms with van der Waals surface area (Å²) in [5, 5.41) is 3.56. The number of thiazole rings is 1. The second-order valence-corrected chi connectivity index (χ2v) is 5.45. The van der Waals surface area contributed by atoms with Gasteiger partial charge < -0.3 is 5.32 Å². The molecule has 0 aliphatic carbocycles. The number of amides is 1. The number of nitrogens with one attached hydrogen (secondary N) is 1. The highest BCUT2D eigenvalue weighted by Gasteiger charge is 2.11. The summed E-state index contributed by atoms with van der Waals surface area (Å²) in [5.74, 6) is -0.0839. The number of hydrogen-bond acceptors (Lipinski definition) is 4. The summed E-state index contributed by atoms with van der Waals surface area (Å²) in [5.41, 5.74) is 3.55. The van der Waals surface area contributed by atoms with Crippen LogP contribution in [0.1, 0.15) is 16.1 Å². The van der Waals surface area contributed by atoms with Gasteiger partial charge >= 0.3 is 0 Å². The van der Waals surface area contributed by atoms with Crippen molar-refractivity contribution < 1.29 is 4.79 Å². The molecule has 0 aliphatic heterocycles. The maximum atomic E-state index is 11.7. The van der Waals surface area contributed by atoms with E-state index in [4.69, 9.17) is 0 Å². The summed E-state index contributed by atoms with van der Waals surface area (Å²) in [6.45, 7) is 1.97. The Kier molecular flexibility index (Phi) is 3.20. The Morgan fingerprint density at radius 2 is 2.15 bits per heavy atom. The molecule has 1 N–H and O–H groups in total. The largest absolute Gasteiger partial charge is 0.355 e. The highest BCUT2D eigenvalue weighted by atomic mass is 32.1. The van der Waals surface area contributed by atoms with Crippen molar-refractivity contribution in [2.45, 2.75) is 6.92 Å². The van der Waals surface area contributed by atoms with Gasteiger partial charge in [0.25, 0.3) is 5.91 Å². The van der Waals surface area contributed by atoms with Gasteiger partial charge in [0.15, 0.2) is 0 Å². The van der Waals surface area contributed by atoms with Crippen LogP contribution in [0.15, 0.2) is 36.5 Å². The van der Waals surface area contributed by atoms with Crippen molar-refractivity contribution >= 4 is 27.5 Å². The molecule has 0 fully saturated rings. The first-order chi connectivity index (χ1) is 9.69. The first-order valence-electron chi connectivity index (χ1n) is 6.23. The molecule has 0 unspecified atom stereocenters. The molecule has 4 nitrogen and oxygen atoms in total. The molecule has 3 aromatic rings. The molecule has 3 rings (SSSR count). The van der Waals surface area contributed by atoms with E-state index in [2.05, 4.69) is 15.3 Å². The first-order valence-corrected chi connectivity index (χ1v) is 7.05. The summed E-state index contributed by atoms with van der Waals surface area (Å²) < 4.78 is 1.00. The lowest BCUT2D eigenvalue weighted by atomic mass is 10.2. The maximum Gasteiger partial charge on any atom is 0.251 e. The van der Waals surface area contributed by atoms with Crippen molar-refractivity contribution in [3.8, 4) is 10.6 Å².